The van der Waals surface area contributed by atoms with Crippen molar-refractivity contribution in [2.24, 2.45) is 5.14 Å². The number of piperidine rings is 1. The van der Waals surface area contributed by atoms with Crippen LogP contribution in [0, 0.1) is 6.92 Å². The maximum absolute atomic E-state index is 12.3. The molecule has 1 aliphatic heterocycles. The third-order valence-electron chi connectivity index (χ3n) is 3.51. The minimum absolute atomic E-state index is 0.0169. The van der Waals surface area contributed by atoms with E-state index in [1.165, 1.54) is 13.0 Å². The van der Waals surface area contributed by atoms with E-state index < -0.39 is 10.0 Å². The minimum atomic E-state index is -3.87. The normalized spacial score (nSPS) is 20.1. The monoisotopic (exact) mass is 301 g/mol. The molecule has 1 amide bonds. The summed E-state index contributed by atoms with van der Waals surface area (Å²) in [5.74, 6) is -0.149. The standard InChI is InChI=1S/C12H19N3O4S/c1-8-11(20(13,17)18)6-10(19-8)12(16)15-5-3-4-9(7-15)14-2/h6,9,14H,3-5,7H2,1-2H3,(H2,13,17,18). The van der Waals surface area contributed by atoms with Crippen LogP contribution >= 0.6 is 0 Å². The molecule has 2 rings (SSSR count). The summed E-state index contributed by atoms with van der Waals surface area (Å²) in [7, 11) is -2.01. The summed E-state index contributed by atoms with van der Waals surface area (Å²) in [5.41, 5.74) is 0. The van der Waals surface area contributed by atoms with E-state index in [0.717, 1.165) is 12.8 Å². The molecule has 1 fully saturated rings. The van der Waals surface area contributed by atoms with Gasteiger partial charge in [-0.05, 0) is 26.8 Å². The van der Waals surface area contributed by atoms with Crippen LogP contribution in [0.5, 0.6) is 0 Å². The smallest absolute Gasteiger partial charge is 0.289 e. The first-order valence-corrected chi connectivity index (χ1v) is 7.97. The third kappa shape index (κ3) is 3.02. The van der Waals surface area contributed by atoms with Crippen molar-refractivity contribution in [3.05, 3.63) is 17.6 Å². The molecular formula is C12H19N3O4S. The fourth-order valence-electron chi connectivity index (χ4n) is 2.41. The lowest BCUT2D eigenvalue weighted by Crippen LogP contribution is -2.46. The molecule has 1 saturated heterocycles. The summed E-state index contributed by atoms with van der Waals surface area (Å²) in [6.07, 6.45) is 1.92. The number of amides is 1. The van der Waals surface area contributed by atoms with Crippen LogP contribution in [0.1, 0.15) is 29.2 Å². The van der Waals surface area contributed by atoms with E-state index in [1.54, 1.807) is 4.90 Å². The number of rotatable bonds is 3. The Hall–Kier alpha value is -1.38. The summed E-state index contributed by atoms with van der Waals surface area (Å²) in [6.45, 7) is 2.70. The number of hydrogen-bond donors (Lipinski definition) is 2. The van der Waals surface area contributed by atoms with Crippen LogP contribution in [0.15, 0.2) is 15.4 Å². The molecule has 8 heteroatoms. The Balaban J connectivity index is 2.22. The second kappa shape index (κ2) is 5.55. The van der Waals surface area contributed by atoms with Crippen LogP contribution in [-0.2, 0) is 10.0 Å². The first kappa shape index (κ1) is 15.0. The lowest BCUT2D eigenvalue weighted by molar-refractivity contribution is 0.0664. The second-order valence-corrected chi connectivity index (χ2v) is 6.48. The largest absolute Gasteiger partial charge is 0.455 e. The number of carbonyl (C=O) groups is 1. The molecule has 1 aliphatic rings. The van der Waals surface area contributed by atoms with Gasteiger partial charge in [0, 0.05) is 25.2 Å². The Morgan fingerprint density at radius 2 is 2.25 bits per heavy atom. The van der Waals surface area contributed by atoms with Gasteiger partial charge in [0.05, 0.1) is 0 Å². The highest BCUT2D eigenvalue weighted by molar-refractivity contribution is 7.89. The van der Waals surface area contributed by atoms with Crippen LogP contribution in [0.25, 0.3) is 0 Å². The van der Waals surface area contributed by atoms with Gasteiger partial charge in [-0.25, -0.2) is 13.6 Å². The summed E-state index contributed by atoms with van der Waals surface area (Å²) in [4.78, 5) is 13.8. The number of furan rings is 1. The van der Waals surface area contributed by atoms with E-state index in [9.17, 15) is 13.2 Å². The van der Waals surface area contributed by atoms with Crippen LogP contribution in [0.2, 0.25) is 0 Å². The number of likely N-dealkylation sites (tertiary alicyclic amines) is 1. The number of aryl methyl sites for hydroxylation is 1. The molecule has 2 heterocycles. The predicted octanol–water partition coefficient (Wildman–Crippen LogP) is 0.0594. The molecule has 1 aromatic heterocycles. The summed E-state index contributed by atoms with van der Waals surface area (Å²) < 4.78 is 27.9. The Labute approximate surface area is 118 Å². The maximum atomic E-state index is 12.3. The molecule has 0 aromatic carbocycles. The van der Waals surface area contributed by atoms with E-state index in [1.807, 2.05) is 7.05 Å². The average Bonchev–Trinajstić information content (AvgIpc) is 2.80. The minimum Gasteiger partial charge on any atom is -0.455 e. The third-order valence-corrected chi connectivity index (χ3v) is 4.52. The first-order valence-electron chi connectivity index (χ1n) is 6.42. The van der Waals surface area contributed by atoms with Crippen LogP contribution < -0.4 is 10.5 Å². The number of nitrogens with one attached hydrogen (secondary N) is 1. The fraction of sp³-hybridized carbons (Fsp3) is 0.583. The van der Waals surface area contributed by atoms with E-state index >= 15 is 0 Å². The van der Waals surface area contributed by atoms with Gasteiger partial charge in [-0.2, -0.15) is 0 Å². The van der Waals surface area contributed by atoms with E-state index in [0.29, 0.717) is 13.1 Å². The Bertz CT molecular complexity index is 608. The highest BCUT2D eigenvalue weighted by atomic mass is 32.2. The van der Waals surface area contributed by atoms with Gasteiger partial charge in [-0.1, -0.05) is 0 Å². The molecule has 0 aliphatic carbocycles. The van der Waals surface area contributed by atoms with Gasteiger partial charge in [0.2, 0.25) is 10.0 Å². The number of sulfonamides is 1. The lowest BCUT2D eigenvalue weighted by Gasteiger charge is -2.31. The zero-order chi connectivity index (χ0) is 14.9. The number of nitrogens with zero attached hydrogens (tertiary/aromatic N) is 1. The van der Waals surface area contributed by atoms with Gasteiger partial charge in [0.1, 0.15) is 10.7 Å². The highest BCUT2D eigenvalue weighted by Gasteiger charge is 2.27. The molecule has 0 radical (unpaired) electrons. The molecule has 3 N–H and O–H groups in total. The molecule has 1 unspecified atom stereocenters. The topological polar surface area (TPSA) is 106 Å². The zero-order valence-corrected chi connectivity index (χ0v) is 12.4. The average molecular weight is 301 g/mol. The van der Waals surface area contributed by atoms with E-state index in [2.05, 4.69) is 5.32 Å². The van der Waals surface area contributed by atoms with E-state index in [4.69, 9.17) is 9.56 Å². The number of primary sulfonamides is 1. The van der Waals surface area contributed by atoms with Gasteiger partial charge < -0.3 is 14.6 Å². The van der Waals surface area contributed by atoms with Gasteiger partial charge in [0.25, 0.3) is 5.91 Å². The van der Waals surface area contributed by atoms with Crippen molar-refractivity contribution in [3.8, 4) is 0 Å². The molecule has 112 valence electrons. The van der Waals surface area contributed by atoms with Crippen LogP contribution in [-0.4, -0.2) is 45.4 Å². The van der Waals surface area contributed by atoms with Crippen molar-refractivity contribution in [3.63, 3.8) is 0 Å². The summed E-state index contributed by atoms with van der Waals surface area (Å²) in [6, 6.07) is 1.46. The fourth-order valence-corrected chi connectivity index (χ4v) is 3.12. The van der Waals surface area contributed by atoms with Crippen molar-refractivity contribution in [1.82, 2.24) is 10.2 Å². The predicted molar refractivity (Wildman–Crippen MR) is 72.8 cm³/mol. The van der Waals surface area contributed by atoms with Crippen molar-refractivity contribution >= 4 is 15.9 Å². The van der Waals surface area contributed by atoms with Gasteiger partial charge in [-0.3, -0.25) is 4.79 Å². The molecule has 0 bridgehead atoms. The quantitative estimate of drug-likeness (QED) is 0.821. The Kier molecular flexibility index (Phi) is 4.17. The van der Waals surface area contributed by atoms with Gasteiger partial charge >= 0.3 is 0 Å². The molecule has 1 aromatic rings. The number of carbonyl (C=O) groups excluding carboxylic acids is 1. The van der Waals surface area contributed by atoms with Crippen molar-refractivity contribution in [1.29, 1.82) is 0 Å². The van der Waals surface area contributed by atoms with Crippen molar-refractivity contribution < 1.29 is 17.6 Å². The molecular weight excluding hydrogens is 282 g/mol. The van der Waals surface area contributed by atoms with Crippen LogP contribution in [0.4, 0.5) is 0 Å². The number of hydrogen-bond acceptors (Lipinski definition) is 5. The highest BCUT2D eigenvalue weighted by Crippen LogP contribution is 2.21. The molecule has 0 spiro atoms. The zero-order valence-electron chi connectivity index (χ0n) is 11.5. The first-order chi connectivity index (χ1) is 9.32. The Morgan fingerprint density at radius 1 is 1.55 bits per heavy atom. The molecule has 20 heavy (non-hydrogen) atoms. The lowest BCUT2D eigenvalue weighted by atomic mass is 10.1. The Morgan fingerprint density at radius 3 is 2.80 bits per heavy atom. The molecule has 0 saturated carbocycles. The molecule has 7 nitrogen and oxygen atoms in total. The van der Waals surface area contributed by atoms with Crippen molar-refractivity contribution in [2.75, 3.05) is 20.1 Å². The van der Waals surface area contributed by atoms with E-state index in [-0.39, 0.29) is 28.4 Å². The van der Waals surface area contributed by atoms with Gasteiger partial charge in [-0.15, -0.1) is 0 Å². The number of nitrogens with two attached hydrogens (primary N) is 1. The van der Waals surface area contributed by atoms with Gasteiger partial charge in [0.15, 0.2) is 5.76 Å². The second-order valence-electron chi connectivity index (χ2n) is 4.96. The summed E-state index contributed by atoms with van der Waals surface area (Å²) in [5, 5.41) is 8.21. The number of likely N-dealkylation sites (N-methyl/N-ethyl adjacent to an activating group) is 1. The SMILES string of the molecule is CNC1CCCN(C(=O)c2cc(S(N)(=O)=O)c(C)o2)C1. The van der Waals surface area contributed by atoms with Crippen molar-refractivity contribution in [2.45, 2.75) is 30.7 Å². The summed E-state index contributed by atoms with van der Waals surface area (Å²) >= 11 is 0. The maximum Gasteiger partial charge on any atom is 0.289 e. The molecule has 1 atom stereocenters. The van der Waals surface area contributed by atoms with Crippen LogP contribution in [0.3, 0.4) is 0 Å².